The second kappa shape index (κ2) is 4.79. The third-order valence-corrected chi connectivity index (χ3v) is 4.14. The molecule has 0 aromatic heterocycles. The summed E-state index contributed by atoms with van der Waals surface area (Å²) in [6.07, 6.45) is 2.36. The summed E-state index contributed by atoms with van der Waals surface area (Å²) in [5.41, 5.74) is 1.48. The zero-order valence-electron chi connectivity index (χ0n) is 11.1. The minimum atomic E-state index is 0. The third kappa shape index (κ3) is 1.68. The van der Waals surface area contributed by atoms with E-state index < -0.39 is 0 Å². The van der Waals surface area contributed by atoms with Crippen LogP contribution < -0.4 is 0 Å². The van der Waals surface area contributed by atoms with E-state index in [0.29, 0.717) is 0 Å². The van der Waals surface area contributed by atoms with E-state index >= 15 is 0 Å². The molecule has 0 aliphatic carbocycles. The third-order valence-electron chi connectivity index (χ3n) is 4.14. The summed E-state index contributed by atoms with van der Waals surface area (Å²) in [5.74, 6) is 0. The molecule has 0 aliphatic rings. The van der Waals surface area contributed by atoms with E-state index in [1.54, 1.807) is 0 Å². The maximum Gasteiger partial charge on any atom is -0.00240 e. The van der Waals surface area contributed by atoms with Gasteiger partial charge < -0.3 is 0 Å². The number of aryl methyl sites for hydroxylation is 1. The van der Waals surface area contributed by atoms with Gasteiger partial charge in [0.2, 0.25) is 0 Å². The standard InChI is InChI=1S/C19H16.CH4/c1-2-4-13-7-8-16-10-9-14-5-3-6-15-11-12-17(13)19(16)18(14)15;/h3,5-12H,2,4H2,1H3;1H4. The molecular weight excluding hydrogens is 240 g/mol. The minimum Gasteiger partial charge on any atom is -0.0776 e. The summed E-state index contributed by atoms with van der Waals surface area (Å²) < 4.78 is 0. The van der Waals surface area contributed by atoms with E-state index in [1.165, 1.54) is 44.3 Å². The molecule has 0 heterocycles. The molecule has 100 valence electrons. The first kappa shape index (κ1) is 12.9. The highest BCUT2D eigenvalue weighted by molar-refractivity contribution is 6.23. The Hall–Kier alpha value is -2.08. The van der Waals surface area contributed by atoms with Crippen molar-refractivity contribution in [2.75, 3.05) is 0 Å². The topological polar surface area (TPSA) is 0 Å². The molecule has 4 aromatic carbocycles. The lowest BCUT2D eigenvalue weighted by molar-refractivity contribution is 0.930. The van der Waals surface area contributed by atoms with Gasteiger partial charge in [0, 0.05) is 0 Å². The van der Waals surface area contributed by atoms with Gasteiger partial charge in [0.25, 0.3) is 0 Å². The molecule has 0 N–H and O–H groups in total. The Morgan fingerprint density at radius 2 is 1.30 bits per heavy atom. The lowest BCUT2D eigenvalue weighted by Crippen LogP contribution is -1.89. The SMILES string of the molecule is C.CCCc1ccc2ccc3cccc4ccc1c2c34. The van der Waals surface area contributed by atoms with Gasteiger partial charge in [0.1, 0.15) is 0 Å². The Morgan fingerprint density at radius 3 is 2.00 bits per heavy atom. The van der Waals surface area contributed by atoms with Crippen LogP contribution in [0.5, 0.6) is 0 Å². The van der Waals surface area contributed by atoms with Crippen LogP contribution in [-0.4, -0.2) is 0 Å². The Kier molecular flexibility index (Phi) is 3.10. The molecule has 0 saturated carbocycles. The van der Waals surface area contributed by atoms with E-state index in [4.69, 9.17) is 0 Å². The lowest BCUT2D eigenvalue weighted by atomic mass is 9.91. The van der Waals surface area contributed by atoms with Crippen molar-refractivity contribution in [3.63, 3.8) is 0 Å². The molecule has 0 unspecified atom stereocenters. The van der Waals surface area contributed by atoms with Gasteiger partial charge in [-0.3, -0.25) is 0 Å². The fourth-order valence-electron chi connectivity index (χ4n) is 3.28. The van der Waals surface area contributed by atoms with Gasteiger partial charge in [-0.15, -0.1) is 0 Å². The van der Waals surface area contributed by atoms with Crippen LogP contribution in [0.15, 0.2) is 54.6 Å². The fraction of sp³-hybridized carbons (Fsp3) is 0.200. The molecule has 4 aromatic rings. The second-order valence-electron chi connectivity index (χ2n) is 5.33. The van der Waals surface area contributed by atoms with Crippen molar-refractivity contribution in [3.8, 4) is 0 Å². The zero-order valence-corrected chi connectivity index (χ0v) is 11.1. The van der Waals surface area contributed by atoms with Crippen LogP contribution in [0.1, 0.15) is 26.3 Å². The van der Waals surface area contributed by atoms with Crippen molar-refractivity contribution < 1.29 is 0 Å². The summed E-state index contributed by atoms with van der Waals surface area (Å²) in [7, 11) is 0. The van der Waals surface area contributed by atoms with Crippen LogP contribution in [0.4, 0.5) is 0 Å². The predicted octanol–water partition coefficient (Wildman–Crippen LogP) is 6.17. The van der Waals surface area contributed by atoms with Crippen molar-refractivity contribution >= 4 is 32.3 Å². The van der Waals surface area contributed by atoms with Crippen molar-refractivity contribution in [2.45, 2.75) is 27.2 Å². The van der Waals surface area contributed by atoms with Crippen LogP contribution in [0.2, 0.25) is 0 Å². The first-order valence-electron chi connectivity index (χ1n) is 7.04. The highest BCUT2D eigenvalue weighted by atomic mass is 14.1. The van der Waals surface area contributed by atoms with E-state index in [2.05, 4.69) is 61.5 Å². The molecule has 0 fully saturated rings. The van der Waals surface area contributed by atoms with Gasteiger partial charge in [-0.05, 0) is 44.3 Å². The Labute approximate surface area is 120 Å². The number of benzene rings is 4. The van der Waals surface area contributed by atoms with Gasteiger partial charge in [0.15, 0.2) is 0 Å². The molecule has 0 nitrogen and oxygen atoms in total. The highest BCUT2D eigenvalue weighted by Gasteiger charge is 2.09. The average molecular weight is 260 g/mol. The molecule has 0 aliphatic heterocycles. The van der Waals surface area contributed by atoms with Crippen molar-refractivity contribution in [3.05, 3.63) is 60.2 Å². The monoisotopic (exact) mass is 260 g/mol. The molecule has 0 bridgehead atoms. The zero-order chi connectivity index (χ0) is 12.8. The molecule has 20 heavy (non-hydrogen) atoms. The smallest absolute Gasteiger partial charge is 0.00240 e. The number of hydrogen-bond acceptors (Lipinski definition) is 0. The van der Waals surface area contributed by atoms with Crippen molar-refractivity contribution in [1.82, 2.24) is 0 Å². The van der Waals surface area contributed by atoms with E-state index in [-0.39, 0.29) is 7.43 Å². The van der Waals surface area contributed by atoms with E-state index in [0.717, 1.165) is 6.42 Å². The first-order valence-corrected chi connectivity index (χ1v) is 7.04. The summed E-state index contributed by atoms with van der Waals surface area (Å²) in [4.78, 5) is 0. The Bertz CT molecular complexity index is 855. The molecule has 0 atom stereocenters. The van der Waals surface area contributed by atoms with Crippen LogP contribution in [0.25, 0.3) is 32.3 Å². The highest BCUT2D eigenvalue weighted by Crippen LogP contribution is 2.36. The van der Waals surface area contributed by atoms with E-state index in [1.807, 2.05) is 0 Å². The molecule has 0 saturated heterocycles. The maximum atomic E-state index is 2.30. The molecule has 0 amide bonds. The van der Waals surface area contributed by atoms with Gasteiger partial charge in [-0.2, -0.15) is 0 Å². The summed E-state index contributed by atoms with van der Waals surface area (Å²) >= 11 is 0. The fourth-order valence-corrected chi connectivity index (χ4v) is 3.28. The van der Waals surface area contributed by atoms with Crippen LogP contribution in [0, 0.1) is 0 Å². The van der Waals surface area contributed by atoms with Gasteiger partial charge in [0.05, 0.1) is 0 Å². The largest absolute Gasteiger partial charge is 0.0776 e. The van der Waals surface area contributed by atoms with Gasteiger partial charge in [-0.25, -0.2) is 0 Å². The lowest BCUT2D eigenvalue weighted by Gasteiger charge is -2.13. The molecule has 0 radical (unpaired) electrons. The molecule has 0 spiro atoms. The first-order chi connectivity index (χ1) is 9.38. The summed E-state index contributed by atoms with van der Waals surface area (Å²) in [6.45, 7) is 2.25. The predicted molar refractivity (Wildman–Crippen MR) is 90.9 cm³/mol. The van der Waals surface area contributed by atoms with Crippen LogP contribution >= 0.6 is 0 Å². The summed E-state index contributed by atoms with van der Waals surface area (Å²) in [5, 5.41) is 8.37. The molecule has 4 rings (SSSR count). The van der Waals surface area contributed by atoms with Crippen molar-refractivity contribution in [2.24, 2.45) is 0 Å². The number of hydrogen-bond donors (Lipinski definition) is 0. The van der Waals surface area contributed by atoms with Crippen molar-refractivity contribution in [1.29, 1.82) is 0 Å². The normalized spacial score (nSPS) is 11.2. The number of rotatable bonds is 2. The van der Waals surface area contributed by atoms with Gasteiger partial charge >= 0.3 is 0 Å². The minimum absolute atomic E-state index is 0. The average Bonchev–Trinajstić information content (AvgIpc) is 2.46. The molecular formula is C20H20. The molecule has 0 heteroatoms. The summed E-state index contributed by atoms with van der Waals surface area (Å²) in [6, 6.07) is 20.2. The van der Waals surface area contributed by atoms with Crippen LogP contribution in [-0.2, 0) is 6.42 Å². The van der Waals surface area contributed by atoms with Crippen LogP contribution in [0.3, 0.4) is 0 Å². The van der Waals surface area contributed by atoms with E-state index in [9.17, 15) is 0 Å². The second-order valence-corrected chi connectivity index (χ2v) is 5.33. The quantitative estimate of drug-likeness (QED) is 0.378. The Balaban J connectivity index is 0.00000121. The van der Waals surface area contributed by atoms with Gasteiger partial charge in [-0.1, -0.05) is 75.4 Å². The maximum absolute atomic E-state index is 2.30. The Morgan fingerprint density at radius 1 is 0.700 bits per heavy atom.